The van der Waals surface area contributed by atoms with E-state index in [-0.39, 0.29) is 12.7 Å². The maximum atomic E-state index is 8.72. The molecule has 86 valence electrons. The first-order chi connectivity index (χ1) is 7.28. The monoisotopic (exact) mass is 214 g/mol. The van der Waals surface area contributed by atoms with Crippen LogP contribution in [-0.2, 0) is 14.2 Å². The molecule has 0 bridgehead atoms. The van der Waals surface area contributed by atoms with Gasteiger partial charge in [0.2, 0.25) is 0 Å². The van der Waals surface area contributed by atoms with E-state index < -0.39 is 0 Å². The molecule has 3 heterocycles. The molecule has 4 heteroatoms. The molecule has 0 unspecified atom stereocenters. The number of aliphatic hydroxyl groups excluding tert-OH is 1. The standard InChI is InChI=1S/C11H18O4/c1-6-8(13-6)4-10-11(15-10)5-9-7(14-9)2-3-12/h6-12H,2-5H2,1H3/t6-,7-,8-,9-,10-,11-/m1/s1. The van der Waals surface area contributed by atoms with Gasteiger partial charge in [-0.15, -0.1) is 0 Å². The lowest BCUT2D eigenvalue weighted by Gasteiger charge is -1.90. The average molecular weight is 214 g/mol. The van der Waals surface area contributed by atoms with Gasteiger partial charge in [0.05, 0.1) is 36.6 Å². The molecule has 4 nitrogen and oxygen atoms in total. The average Bonchev–Trinajstić information content (AvgIpc) is 3.07. The fourth-order valence-corrected chi connectivity index (χ4v) is 2.30. The first-order valence-electron chi connectivity index (χ1n) is 5.85. The summed E-state index contributed by atoms with van der Waals surface area (Å²) in [5, 5.41) is 8.72. The molecule has 15 heavy (non-hydrogen) atoms. The summed E-state index contributed by atoms with van der Waals surface area (Å²) in [6.45, 7) is 2.33. The van der Waals surface area contributed by atoms with Gasteiger partial charge in [-0.05, 0) is 13.3 Å². The van der Waals surface area contributed by atoms with Crippen LogP contribution in [0.3, 0.4) is 0 Å². The fraction of sp³-hybridized carbons (Fsp3) is 1.00. The zero-order chi connectivity index (χ0) is 10.4. The van der Waals surface area contributed by atoms with Crippen LogP contribution in [0.4, 0.5) is 0 Å². The zero-order valence-corrected chi connectivity index (χ0v) is 8.96. The molecule has 3 saturated heterocycles. The van der Waals surface area contributed by atoms with E-state index in [1.54, 1.807) is 0 Å². The van der Waals surface area contributed by atoms with Crippen LogP contribution in [0.15, 0.2) is 0 Å². The summed E-state index contributed by atoms with van der Waals surface area (Å²) in [5.74, 6) is 0. The smallest absolute Gasteiger partial charge is 0.0868 e. The van der Waals surface area contributed by atoms with Crippen LogP contribution in [-0.4, -0.2) is 48.3 Å². The third-order valence-corrected chi connectivity index (χ3v) is 3.55. The van der Waals surface area contributed by atoms with Gasteiger partial charge >= 0.3 is 0 Å². The molecule has 0 saturated carbocycles. The van der Waals surface area contributed by atoms with Crippen molar-refractivity contribution >= 4 is 0 Å². The van der Waals surface area contributed by atoms with Crippen molar-refractivity contribution in [1.82, 2.24) is 0 Å². The Morgan fingerprint density at radius 1 is 0.867 bits per heavy atom. The number of hydrogen-bond donors (Lipinski definition) is 1. The van der Waals surface area contributed by atoms with Crippen LogP contribution in [0.25, 0.3) is 0 Å². The Balaban J connectivity index is 1.31. The van der Waals surface area contributed by atoms with E-state index >= 15 is 0 Å². The van der Waals surface area contributed by atoms with Crippen LogP contribution < -0.4 is 0 Å². The van der Waals surface area contributed by atoms with E-state index in [1.807, 2.05) is 0 Å². The van der Waals surface area contributed by atoms with Crippen LogP contribution in [0.2, 0.25) is 0 Å². The Morgan fingerprint density at radius 3 is 2.00 bits per heavy atom. The van der Waals surface area contributed by atoms with Crippen molar-refractivity contribution in [2.45, 2.75) is 62.8 Å². The predicted octanol–water partition coefficient (Wildman–Crippen LogP) is 0.471. The minimum atomic E-state index is 0.226. The molecule has 3 rings (SSSR count). The summed E-state index contributed by atoms with van der Waals surface area (Å²) in [6, 6.07) is 0. The van der Waals surface area contributed by atoms with Crippen LogP contribution in [0, 0.1) is 0 Å². The first kappa shape index (κ1) is 10.0. The fourth-order valence-electron chi connectivity index (χ4n) is 2.30. The molecule has 3 aliphatic rings. The number of epoxide rings is 3. The number of aliphatic hydroxyl groups is 1. The minimum Gasteiger partial charge on any atom is -0.396 e. The molecule has 0 aromatic carbocycles. The van der Waals surface area contributed by atoms with Gasteiger partial charge in [0, 0.05) is 19.4 Å². The Morgan fingerprint density at radius 2 is 1.40 bits per heavy atom. The summed E-state index contributed by atoms with van der Waals surface area (Å²) in [7, 11) is 0. The normalized spacial score (nSPS) is 51.6. The lowest BCUT2D eigenvalue weighted by atomic mass is 10.1. The lowest BCUT2D eigenvalue weighted by Crippen LogP contribution is -2.05. The van der Waals surface area contributed by atoms with Gasteiger partial charge in [0.1, 0.15) is 0 Å². The molecule has 6 atom stereocenters. The highest BCUT2D eigenvalue weighted by molar-refractivity contribution is 4.97. The third-order valence-electron chi connectivity index (χ3n) is 3.55. The van der Waals surface area contributed by atoms with Crippen LogP contribution in [0.1, 0.15) is 26.2 Å². The maximum absolute atomic E-state index is 8.72. The molecular formula is C11H18O4. The van der Waals surface area contributed by atoms with Crippen molar-refractivity contribution in [3.63, 3.8) is 0 Å². The van der Waals surface area contributed by atoms with E-state index in [1.165, 1.54) is 0 Å². The largest absolute Gasteiger partial charge is 0.396 e. The van der Waals surface area contributed by atoms with E-state index in [0.29, 0.717) is 30.5 Å². The highest BCUT2D eigenvalue weighted by Gasteiger charge is 2.50. The second-order valence-corrected chi connectivity index (χ2v) is 4.79. The SMILES string of the molecule is C[C@H]1O[C@@H]1C[C@H]1O[C@@H]1C[C@H]1O[C@@H]1CCO. The molecule has 0 radical (unpaired) electrons. The van der Waals surface area contributed by atoms with Gasteiger partial charge in [0.15, 0.2) is 0 Å². The van der Waals surface area contributed by atoms with Crippen LogP contribution >= 0.6 is 0 Å². The van der Waals surface area contributed by atoms with Crippen molar-refractivity contribution in [3.05, 3.63) is 0 Å². The number of rotatable bonds is 6. The molecule has 0 aliphatic carbocycles. The highest BCUT2D eigenvalue weighted by Crippen LogP contribution is 2.40. The zero-order valence-electron chi connectivity index (χ0n) is 8.96. The van der Waals surface area contributed by atoms with Crippen molar-refractivity contribution in [2.75, 3.05) is 6.61 Å². The highest BCUT2D eigenvalue weighted by atomic mass is 16.6. The van der Waals surface area contributed by atoms with Crippen molar-refractivity contribution in [3.8, 4) is 0 Å². The molecule has 3 fully saturated rings. The van der Waals surface area contributed by atoms with Gasteiger partial charge in [-0.1, -0.05) is 0 Å². The van der Waals surface area contributed by atoms with E-state index in [4.69, 9.17) is 19.3 Å². The summed E-state index contributed by atoms with van der Waals surface area (Å²) in [5.41, 5.74) is 0. The van der Waals surface area contributed by atoms with Gasteiger partial charge in [-0.2, -0.15) is 0 Å². The Labute approximate surface area is 89.5 Å². The molecule has 0 aromatic rings. The summed E-state index contributed by atoms with van der Waals surface area (Å²) in [4.78, 5) is 0. The molecule has 0 spiro atoms. The summed E-state index contributed by atoms with van der Waals surface area (Å²) >= 11 is 0. The summed E-state index contributed by atoms with van der Waals surface area (Å²) < 4.78 is 16.3. The second kappa shape index (κ2) is 3.70. The van der Waals surface area contributed by atoms with E-state index in [2.05, 4.69) is 6.92 Å². The molecule has 3 aliphatic heterocycles. The van der Waals surface area contributed by atoms with Crippen molar-refractivity contribution < 1.29 is 19.3 Å². The van der Waals surface area contributed by atoms with Crippen molar-refractivity contribution in [1.29, 1.82) is 0 Å². The maximum Gasteiger partial charge on any atom is 0.0868 e. The molecule has 0 aromatic heterocycles. The van der Waals surface area contributed by atoms with Gasteiger partial charge < -0.3 is 19.3 Å². The first-order valence-corrected chi connectivity index (χ1v) is 5.85. The van der Waals surface area contributed by atoms with Crippen molar-refractivity contribution in [2.24, 2.45) is 0 Å². The summed E-state index contributed by atoms with van der Waals surface area (Å²) in [6.07, 6.45) is 5.10. The van der Waals surface area contributed by atoms with Gasteiger partial charge in [-0.3, -0.25) is 0 Å². The number of hydrogen-bond acceptors (Lipinski definition) is 4. The van der Waals surface area contributed by atoms with Crippen LogP contribution in [0.5, 0.6) is 0 Å². The Bertz CT molecular complexity index is 245. The van der Waals surface area contributed by atoms with E-state index in [0.717, 1.165) is 19.3 Å². The minimum absolute atomic E-state index is 0.226. The quantitative estimate of drug-likeness (QED) is 0.653. The molecule has 1 N–H and O–H groups in total. The molecular weight excluding hydrogens is 196 g/mol. The number of ether oxygens (including phenoxy) is 3. The van der Waals surface area contributed by atoms with Gasteiger partial charge in [0.25, 0.3) is 0 Å². The predicted molar refractivity (Wildman–Crippen MR) is 52.6 cm³/mol. The lowest BCUT2D eigenvalue weighted by molar-refractivity contribution is 0.261. The molecule has 0 amide bonds. The second-order valence-electron chi connectivity index (χ2n) is 4.79. The third kappa shape index (κ3) is 2.33. The van der Waals surface area contributed by atoms with E-state index in [9.17, 15) is 0 Å². The Kier molecular flexibility index (Phi) is 2.47. The topological polar surface area (TPSA) is 57.8 Å². The van der Waals surface area contributed by atoms with Gasteiger partial charge in [-0.25, -0.2) is 0 Å². The Hall–Kier alpha value is -0.160.